The van der Waals surface area contributed by atoms with Crippen LogP contribution in [-0.4, -0.2) is 26.2 Å². The Kier molecular flexibility index (Phi) is 5.34. The van der Waals surface area contributed by atoms with Crippen molar-refractivity contribution in [3.8, 4) is 0 Å². The summed E-state index contributed by atoms with van der Waals surface area (Å²) in [5, 5.41) is -0.794. The molecule has 1 aromatic rings. The van der Waals surface area contributed by atoms with E-state index in [-0.39, 0.29) is 17.9 Å². The van der Waals surface area contributed by atoms with Gasteiger partial charge >= 0.3 is 5.97 Å². The average Bonchev–Trinajstić information content (AvgIpc) is 2.29. The van der Waals surface area contributed by atoms with Crippen molar-refractivity contribution >= 4 is 31.7 Å². The van der Waals surface area contributed by atoms with Crippen molar-refractivity contribution in [1.82, 2.24) is 0 Å². The van der Waals surface area contributed by atoms with E-state index in [2.05, 4.69) is 15.9 Å². The Morgan fingerprint density at radius 3 is 2.39 bits per heavy atom. The first-order valence-electron chi connectivity index (χ1n) is 5.53. The van der Waals surface area contributed by atoms with E-state index in [0.29, 0.717) is 0 Å². The van der Waals surface area contributed by atoms with Crippen molar-refractivity contribution in [3.05, 3.63) is 28.7 Å². The summed E-state index contributed by atoms with van der Waals surface area (Å²) < 4.78 is 29.9. The minimum atomic E-state index is -3.49. The lowest BCUT2D eigenvalue weighted by molar-refractivity contribution is -0.143. The zero-order valence-corrected chi connectivity index (χ0v) is 12.6. The van der Waals surface area contributed by atoms with E-state index in [1.165, 1.54) is 19.1 Å². The molecule has 0 aromatic heterocycles. The largest absolute Gasteiger partial charge is 0.466 e. The van der Waals surface area contributed by atoms with Crippen molar-refractivity contribution in [2.45, 2.75) is 30.4 Å². The van der Waals surface area contributed by atoms with Crippen LogP contribution in [0.2, 0.25) is 0 Å². The highest BCUT2D eigenvalue weighted by atomic mass is 79.9. The molecular weight excluding hydrogens is 320 g/mol. The van der Waals surface area contributed by atoms with E-state index >= 15 is 0 Å². The highest BCUT2D eigenvalue weighted by Crippen LogP contribution is 2.20. The van der Waals surface area contributed by atoms with E-state index in [1.54, 1.807) is 19.1 Å². The van der Waals surface area contributed by atoms with Gasteiger partial charge < -0.3 is 4.74 Å². The summed E-state index contributed by atoms with van der Waals surface area (Å²) in [6, 6.07) is 6.34. The highest BCUT2D eigenvalue weighted by molar-refractivity contribution is 9.10. The number of sulfone groups is 1. The van der Waals surface area contributed by atoms with Crippen molar-refractivity contribution in [1.29, 1.82) is 0 Å². The Morgan fingerprint density at radius 1 is 1.33 bits per heavy atom. The molecule has 0 saturated heterocycles. The summed E-state index contributed by atoms with van der Waals surface area (Å²) in [5.74, 6) is -0.495. The monoisotopic (exact) mass is 334 g/mol. The van der Waals surface area contributed by atoms with Crippen LogP contribution < -0.4 is 0 Å². The summed E-state index contributed by atoms with van der Waals surface area (Å²) in [4.78, 5) is 11.5. The second-order valence-corrected chi connectivity index (χ2v) is 7.10. The van der Waals surface area contributed by atoms with Crippen molar-refractivity contribution in [2.75, 3.05) is 6.61 Å². The second kappa shape index (κ2) is 6.33. The minimum absolute atomic E-state index is 0.133. The zero-order chi connectivity index (χ0) is 13.8. The number of ether oxygens (including phenoxy) is 1. The molecule has 1 aromatic carbocycles. The van der Waals surface area contributed by atoms with E-state index < -0.39 is 21.1 Å². The average molecular weight is 335 g/mol. The molecule has 100 valence electrons. The molecule has 1 rings (SSSR count). The molecule has 0 aliphatic carbocycles. The Balaban J connectivity index is 2.86. The Hall–Kier alpha value is -0.880. The number of halogens is 1. The molecule has 0 N–H and O–H groups in total. The molecular formula is C12H15BrO4S. The summed E-state index contributed by atoms with van der Waals surface area (Å²) >= 11 is 3.24. The maximum atomic E-state index is 12.2. The van der Waals surface area contributed by atoms with Gasteiger partial charge in [0.25, 0.3) is 0 Å². The van der Waals surface area contributed by atoms with Crippen LogP contribution in [-0.2, 0) is 19.4 Å². The van der Waals surface area contributed by atoms with Crippen molar-refractivity contribution in [3.63, 3.8) is 0 Å². The molecule has 4 nitrogen and oxygen atoms in total. The Morgan fingerprint density at radius 2 is 1.89 bits per heavy atom. The van der Waals surface area contributed by atoms with Crippen LogP contribution in [0.1, 0.15) is 20.3 Å². The van der Waals surface area contributed by atoms with Gasteiger partial charge in [0.15, 0.2) is 9.84 Å². The first-order valence-corrected chi connectivity index (χ1v) is 7.87. The van der Waals surface area contributed by atoms with Gasteiger partial charge in [0.2, 0.25) is 0 Å². The fourth-order valence-electron chi connectivity index (χ4n) is 1.42. The first-order chi connectivity index (χ1) is 8.37. The fourth-order valence-corrected chi connectivity index (χ4v) is 3.02. The molecule has 1 unspecified atom stereocenters. The topological polar surface area (TPSA) is 60.4 Å². The number of carbonyl (C=O) groups excluding carboxylic acids is 1. The lowest BCUT2D eigenvalue weighted by Crippen LogP contribution is -2.22. The van der Waals surface area contributed by atoms with Crippen molar-refractivity contribution in [2.24, 2.45) is 0 Å². The molecule has 0 radical (unpaired) electrons. The van der Waals surface area contributed by atoms with Gasteiger partial charge in [-0.3, -0.25) is 4.79 Å². The van der Waals surface area contributed by atoms with Crippen LogP contribution in [0, 0.1) is 0 Å². The fraction of sp³-hybridized carbons (Fsp3) is 0.417. The molecule has 0 saturated carbocycles. The maximum Gasteiger partial charge on any atom is 0.307 e. The lowest BCUT2D eigenvalue weighted by Gasteiger charge is -2.12. The van der Waals surface area contributed by atoms with Crippen LogP contribution >= 0.6 is 15.9 Å². The number of benzene rings is 1. The van der Waals surface area contributed by atoms with Gasteiger partial charge in [-0.15, -0.1) is 0 Å². The predicted octanol–water partition coefficient (Wildman–Crippen LogP) is 2.56. The van der Waals surface area contributed by atoms with Crippen LogP contribution in [0.15, 0.2) is 33.6 Å². The van der Waals surface area contributed by atoms with Crippen LogP contribution in [0.5, 0.6) is 0 Å². The van der Waals surface area contributed by atoms with Crippen molar-refractivity contribution < 1.29 is 17.9 Å². The van der Waals surface area contributed by atoms with Gasteiger partial charge in [0.1, 0.15) is 0 Å². The molecule has 0 aliphatic heterocycles. The van der Waals surface area contributed by atoms with Gasteiger partial charge in [-0.1, -0.05) is 15.9 Å². The van der Waals surface area contributed by atoms with Crippen LogP contribution in [0.25, 0.3) is 0 Å². The van der Waals surface area contributed by atoms with E-state index in [1.807, 2.05) is 0 Å². The van der Waals surface area contributed by atoms with Gasteiger partial charge in [-0.05, 0) is 38.1 Å². The number of esters is 1. The molecule has 0 heterocycles. The summed E-state index contributed by atoms with van der Waals surface area (Å²) in [7, 11) is -3.49. The molecule has 0 spiro atoms. The Bertz CT molecular complexity index is 507. The number of hydrogen-bond donors (Lipinski definition) is 0. The molecule has 0 bridgehead atoms. The number of hydrogen-bond acceptors (Lipinski definition) is 4. The van der Waals surface area contributed by atoms with E-state index in [9.17, 15) is 13.2 Å². The predicted molar refractivity (Wildman–Crippen MR) is 72.0 cm³/mol. The van der Waals surface area contributed by atoms with E-state index in [4.69, 9.17) is 4.74 Å². The standard InChI is InChI=1S/C12H15BrO4S/c1-3-17-12(14)8-9(2)18(15,16)11-6-4-10(13)5-7-11/h4-7,9H,3,8H2,1-2H3. The van der Waals surface area contributed by atoms with Gasteiger partial charge in [0, 0.05) is 4.47 Å². The molecule has 0 aliphatic rings. The number of rotatable bonds is 5. The van der Waals surface area contributed by atoms with Gasteiger partial charge in [-0.25, -0.2) is 8.42 Å². The third-order valence-corrected chi connectivity index (χ3v) is 5.12. The third kappa shape index (κ3) is 3.81. The van der Waals surface area contributed by atoms with Crippen LogP contribution in [0.4, 0.5) is 0 Å². The zero-order valence-electron chi connectivity index (χ0n) is 10.2. The second-order valence-electron chi connectivity index (χ2n) is 3.82. The van der Waals surface area contributed by atoms with Gasteiger partial charge in [-0.2, -0.15) is 0 Å². The quantitative estimate of drug-likeness (QED) is 0.776. The molecule has 1 atom stereocenters. The molecule has 0 fully saturated rings. The molecule has 18 heavy (non-hydrogen) atoms. The minimum Gasteiger partial charge on any atom is -0.466 e. The summed E-state index contributed by atoms with van der Waals surface area (Å²) in [5.41, 5.74) is 0. The Labute approximate surface area is 115 Å². The smallest absolute Gasteiger partial charge is 0.307 e. The molecule has 6 heteroatoms. The SMILES string of the molecule is CCOC(=O)CC(C)S(=O)(=O)c1ccc(Br)cc1. The number of carbonyl (C=O) groups is 1. The van der Waals surface area contributed by atoms with Gasteiger partial charge in [0.05, 0.1) is 23.2 Å². The normalized spacial score (nSPS) is 13.1. The summed E-state index contributed by atoms with van der Waals surface area (Å²) in [6.07, 6.45) is -0.133. The lowest BCUT2D eigenvalue weighted by atomic mass is 10.3. The third-order valence-electron chi connectivity index (χ3n) is 2.43. The van der Waals surface area contributed by atoms with Crippen LogP contribution in [0.3, 0.4) is 0 Å². The molecule has 0 amide bonds. The highest BCUT2D eigenvalue weighted by Gasteiger charge is 2.26. The maximum absolute atomic E-state index is 12.2. The van der Waals surface area contributed by atoms with E-state index in [0.717, 1.165) is 4.47 Å². The summed E-state index contributed by atoms with van der Waals surface area (Å²) in [6.45, 7) is 3.45. The first kappa shape index (κ1) is 15.2.